The number of amides is 1. The number of Topliss-reactive ketones (excluding diaryl/α,β-unsaturated/α-hetero) is 1. The first-order valence-corrected chi connectivity index (χ1v) is 10.5. The van der Waals surface area contributed by atoms with Crippen LogP contribution in [0.4, 0.5) is 5.69 Å². The molecule has 0 N–H and O–H groups in total. The van der Waals surface area contributed by atoms with Gasteiger partial charge in [-0.25, -0.2) is 0 Å². The Bertz CT molecular complexity index is 873. The molecule has 0 atom stereocenters. The number of rotatable bonds is 6. The molecule has 1 fully saturated rings. The van der Waals surface area contributed by atoms with Crippen molar-refractivity contribution in [3.05, 3.63) is 65.2 Å². The van der Waals surface area contributed by atoms with E-state index in [2.05, 4.69) is 40.1 Å². The van der Waals surface area contributed by atoms with E-state index in [4.69, 9.17) is 0 Å². The molecule has 2 aliphatic heterocycles. The third-order valence-corrected chi connectivity index (χ3v) is 6.05. The average molecular weight is 392 g/mol. The zero-order chi connectivity index (χ0) is 20.2. The van der Waals surface area contributed by atoms with Crippen molar-refractivity contribution in [3.8, 4) is 0 Å². The predicted octanol–water partition coefficient (Wildman–Crippen LogP) is 2.99. The largest absolute Gasteiger partial charge is 0.312 e. The Hall–Kier alpha value is -2.50. The zero-order valence-electron chi connectivity index (χ0n) is 17.1. The van der Waals surface area contributed by atoms with E-state index in [9.17, 15) is 9.59 Å². The molecule has 2 heterocycles. The minimum absolute atomic E-state index is 0.0641. The summed E-state index contributed by atoms with van der Waals surface area (Å²) in [6.07, 6.45) is 1.38. The summed E-state index contributed by atoms with van der Waals surface area (Å²) in [6, 6.07) is 16.4. The molecule has 5 nitrogen and oxygen atoms in total. The van der Waals surface area contributed by atoms with Gasteiger partial charge in [-0.2, -0.15) is 0 Å². The van der Waals surface area contributed by atoms with Gasteiger partial charge in [-0.05, 0) is 35.7 Å². The van der Waals surface area contributed by atoms with Crippen molar-refractivity contribution in [2.45, 2.75) is 26.3 Å². The lowest BCUT2D eigenvalue weighted by Gasteiger charge is -2.34. The molecule has 0 aliphatic carbocycles. The number of ketones is 1. The normalized spacial score (nSPS) is 17.3. The number of hydrogen-bond acceptors (Lipinski definition) is 4. The molecule has 4 rings (SSSR count). The molecule has 5 heteroatoms. The zero-order valence-corrected chi connectivity index (χ0v) is 17.1. The number of nitrogens with zero attached hydrogens (tertiary/aromatic N) is 3. The van der Waals surface area contributed by atoms with Crippen molar-refractivity contribution in [1.29, 1.82) is 0 Å². The number of piperazine rings is 1. The van der Waals surface area contributed by atoms with E-state index in [1.165, 1.54) is 5.56 Å². The molecule has 1 saturated heterocycles. The second-order valence-corrected chi connectivity index (χ2v) is 8.04. The fourth-order valence-corrected chi connectivity index (χ4v) is 4.32. The molecule has 1 amide bonds. The summed E-state index contributed by atoms with van der Waals surface area (Å²) in [4.78, 5) is 31.0. The quantitative estimate of drug-likeness (QED) is 0.710. The van der Waals surface area contributed by atoms with Crippen molar-refractivity contribution in [1.82, 2.24) is 9.80 Å². The van der Waals surface area contributed by atoms with Crippen LogP contribution in [-0.4, -0.2) is 60.8 Å². The van der Waals surface area contributed by atoms with E-state index >= 15 is 0 Å². The highest BCUT2D eigenvalue weighted by Crippen LogP contribution is 2.29. The molecular weight excluding hydrogens is 362 g/mol. The number of benzene rings is 2. The van der Waals surface area contributed by atoms with Crippen molar-refractivity contribution in [2.24, 2.45) is 0 Å². The van der Waals surface area contributed by atoms with Gasteiger partial charge >= 0.3 is 0 Å². The Morgan fingerprint density at radius 3 is 2.34 bits per heavy atom. The second kappa shape index (κ2) is 8.89. The summed E-state index contributed by atoms with van der Waals surface area (Å²) >= 11 is 0. The van der Waals surface area contributed by atoms with Gasteiger partial charge in [-0.15, -0.1) is 0 Å². The highest BCUT2D eigenvalue weighted by atomic mass is 16.2. The van der Waals surface area contributed by atoms with Gasteiger partial charge in [0.2, 0.25) is 5.91 Å². The summed E-state index contributed by atoms with van der Waals surface area (Å²) in [5.41, 5.74) is 4.21. The van der Waals surface area contributed by atoms with Crippen molar-refractivity contribution >= 4 is 17.4 Å². The van der Waals surface area contributed by atoms with Crippen LogP contribution in [0.2, 0.25) is 0 Å². The Morgan fingerprint density at radius 2 is 1.62 bits per heavy atom. The highest BCUT2D eigenvalue weighted by Gasteiger charge is 2.23. The Balaban J connectivity index is 1.25. The summed E-state index contributed by atoms with van der Waals surface area (Å²) in [7, 11) is 0. The molecule has 0 unspecified atom stereocenters. The Morgan fingerprint density at radius 1 is 0.897 bits per heavy atom. The maximum absolute atomic E-state index is 12.7. The van der Waals surface area contributed by atoms with Crippen LogP contribution in [0.1, 0.15) is 34.8 Å². The van der Waals surface area contributed by atoms with Gasteiger partial charge in [-0.3, -0.25) is 14.5 Å². The van der Waals surface area contributed by atoms with Crippen LogP contribution in [0.5, 0.6) is 0 Å². The fraction of sp³-hybridized carbons (Fsp3) is 0.417. The van der Waals surface area contributed by atoms with Crippen LogP contribution in [0.25, 0.3) is 0 Å². The van der Waals surface area contributed by atoms with Crippen LogP contribution in [0.15, 0.2) is 48.5 Å². The van der Waals surface area contributed by atoms with E-state index < -0.39 is 0 Å². The van der Waals surface area contributed by atoms with Crippen molar-refractivity contribution in [3.63, 3.8) is 0 Å². The molecule has 29 heavy (non-hydrogen) atoms. The standard InChI is InChI=1S/C24H29N3O2/c1-19(28)27-12-9-21-17-22(7-8-23(21)27)24(29)10-11-25-13-15-26(16-14-25)18-20-5-3-2-4-6-20/h2-8,17H,9-16,18H2,1H3. The van der Waals surface area contributed by atoms with Gasteiger partial charge in [0.15, 0.2) is 5.78 Å². The molecule has 152 valence electrons. The Labute approximate surface area is 172 Å². The van der Waals surface area contributed by atoms with Crippen LogP contribution in [0, 0.1) is 0 Å². The minimum Gasteiger partial charge on any atom is -0.312 e. The molecule has 0 aromatic heterocycles. The summed E-state index contributed by atoms with van der Waals surface area (Å²) in [6.45, 7) is 8.24. The van der Waals surface area contributed by atoms with Gasteiger partial charge in [0.1, 0.15) is 0 Å². The maximum atomic E-state index is 12.7. The van der Waals surface area contributed by atoms with Crippen molar-refractivity contribution in [2.75, 3.05) is 44.2 Å². The van der Waals surface area contributed by atoms with Gasteiger partial charge in [0, 0.05) is 70.4 Å². The lowest BCUT2D eigenvalue weighted by molar-refractivity contribution is -0.116. The van der Waals surface area contributed by atoms with Gasteiger partial charge in [0.05, 0.1) is 0 Å². The summed E-state index contributed by atoms with van der Waals surface area (Å²) < 4.78 is 0. The molecule has 0 radical (unpaired) electrons. The van der Waals surface area contributed by atoms with E-state index in [0.29, 0.717) is 6.42 Å². The molecular formula is C24H29N3O2. The lowest BCUT2D eigenvalue weighted by atomic mass is 10.0. The highest BCUT2D eigenvalue weighted by molar-refractivity contribution is 5.99. The number of anilines is 1. The number of carbonyl (C=O) groups is 2. The minimum atomic E-state index is 0.0641. The van der Waals surface area contributed by atoms with E-state index in [1.54, 1.807) is 11.8 Å². The molecule has 2 aromatic carbocycles. The molecule has 0 spiro atoms. The predicted molar refractivity (Wildman–Crippen MR) is 115 cm³/mol. The molecule has 0 saturated carbocycles. The molecule has 0 bridgehead atoms. The fourth-order valence-electron chi connectivity index (χ4n) is 4.32. The topological polar surface area (TPSA) is 43.9 Å². The average Bonchev–Trinajstić information content (AvgIpc) is 3.17. The van der Waals surface area contributed by atoms with E-state index in [-0.39, 0.29) is 11.7 Å². The van der Waals surface area contributed by atoms with Crippen molar-refractivity contribution < 1.29 is 9.59 Å². The van der Waals surface area contributed by atoms with E-state index in [1.807, 2.05) is 18.2 Å². The van der Waals surface area contributed by atoms with Gasteiger partial charge in [-0.1, -0.05) is 30.3 Å². The first kappa shape index (κ1) is 19.8. The number of carbonyl (C=O) groups excluding carboxylic acids is 2. The third kappa shape index (κ3) is 4.74. The van der Waals surface area contributed by atoms with Crippen LogP contribution in [0.3, 0.4) is 0 Å². The Kier molecular flexibility index (Phi) is 6.07. The number of fused-ring (bicyclic) bond motifs is 1. The monoisotopic (exact) mass is 391 g/mol. The maximum Gasteiger partial charge on any atom is 0.223 e. The van der Waals surface area contributed by atoms with Crippen LogP contribution >= 0.6 is 0 Å². The third-order valence-electron chi connectivity index (χ3n) is 6.05. The summed E-state index contributed by atoms with van der Waals surface area (Å²) in [5, 5.41) is 0. The van der Waals surface area contributed by atoms with Crippen LogP contribution < -0.4 is 4.90 Å². The SMILES string of the molecule is CC(=O)N1CCc2cc(C(=O)CCN3CCN(Cc4ccccc4)CC3)ccc21. The molecule has 2 aliphatic rings. The van der Waals surface area contributed by atoms with E-state index in [0.717, 1.165) is 69.0 Å². The first-order valence-electron chi connectivity index (χ1n) is 10.5. The smallest absolute Gasteiger partial charge is 0.223 e. The first-order chi connectivity index (χ1) is 14.1. The van der Waals surface area contributed by atoms with Crippen LogP contribution in [-0.2, 0) is 17.8 Å². The molecule has 2 aromatic rings. The van der Waals surface area contributed by atoms with Gasteiger partial charge < -0.3 is 9.80 Å². The summed E-state index contributed by atoms with van der Waals surface area (Å²) in [5.74, 6) is 0.259. The second-order valence-electron chi connectivity index (χ2n) is 8.04. The lowest BCUT2D eigenvalue weighted by Crippen LogP contribution is -2.46. The van der Waals surface area contributed by atoms with Gasteiger partial charge in [0.25, 0.3) is 0 Å². The number of hydrogen-bond donors (Lipinski definition) is 0.